The van der Waals surface area contributed by atoms with E-state index in [-0.39, 0.29) is 7.12 Å². The molecule has 1 saturated heterocycles. The summed E-state index contributed by atoms with van der Waals surface area (Å²) in [6.45, 7) is 5.97. The molecule has 0 radical (unpaired) electrons. The van der Waals surface area contributed by atoms with Crippen LogP contribution in [0.2, 0.25) is 5.82 Å². The third-order valence-electron chi connectivity index (χ3n) is 1.65. The van der Waals surface area contributed by atoms with Crippen LogP contribution in [0.4, 0.5) is 0 Å². The molecule has 0 aliphatic carbocycles. The van der Waals surface area contributed by atoms with Crippen molar-refractivity contribution in [2.45, 2.75) is 32.5 Å². The highest BCUT2D eigenvalue weighted by molar-refractivity contribution is 6.46. The molecule has 0 aromatic carbocycles. The van der Waals surface area contributed by atoms with Crippen molar-refractivity contribution in [3.05, 3.63) is 0 Å². The maximum Gasteiger partial charge on any atom is 0.459 e. The molecule has 0 N–H and O–H groups in total. The van der Waals surface area contributed by atoms with Crippen molar-refractivity contribution in [1.82, 2.24) is 0 Å². The molecule has 0 spiro atoms. The summed E-state index contributed by atoms with van der Waals surface area (Å²) in [6, 6.07) is 0. The second-order valence-corrected chi connectivity index (χ2v) is 3.06. The van der Waals surface area contributed by atoms with Crippen LogP contribution < -0.4 is 0 Å². The van der Waals surface area contributed by atoms with Gasteiger partial charge in [-0.05, 0) is 18.7 Å². The van der Waals surface area contributed by atoms with Gasteiger partial charge in [0, 0.05) is 13.2 Å². The average molecular weight is 142 g/mol. The normalized spacial score (nSPS) is 21.3. The Kier molecular flexibility index (Phi) is 3.22. The van der Waals surface area contributed by atoms with Crippen LogP contribution in [-0.2, 0) is 9.31 Å². The summed E-state index contributed by atoms with van der Waals surface area (Å²) in [6.07, 6.45) is 2.28. The zero-order valence-corrected chi connectivity index (χ0v) is 6.80. The Morgan fingerprint density at radius 3 is 2.00 bits per heavy atom. The lowest BCUT2D eigenvalue weighted by Gasteiger charge is -2.12. The summed E-state index contributed by atoms with van der Waals surface area (Å²) in [5.74, 6) is 0.484. The minimum atomic E-state index is 0.0440. The fraction of sp³-hybridized carbons (Fsp3) is 1.00. The predicted octanol–water partition coefficient (Wildman–Crippen LogP) is 1.71. The second kappa shape index (κ2) is 3.99. The van der Waals surface area contributed by atoms with Gasteiger partial charge in [0.05, 0.1) is 0 Å². The molecule has 0 aromatic rings. The van der Waals surface area contributed by atoms with Crippen LogP contribution in [0.25, 0.3) is 0 Å². The molecule has 1 fully saturated rings. The van der Waals surface area contributed by atoms with Crippen molar-refractivity contribution in [3.63, 3.8) is 0 Å². The van der Waals surface area contributed by atoms with E-state index in [2.05, 4.69) is 13.8 Å². The summed E-state index contributed by atoms with van der Waals surface area (Å²) < 4.78 is 10.9. The fourth-order valence-corrected chi connectivity index (χ4v) is 1.04. The Morgan fingerprint density at radius 2 is 1.60 bits per heavy atom. The second-order valence-electron chi connectivity index (χ2n) is 3.06. The molecule has 0 unspecified atom stereocenters. The zero-order chi connectivity index (χ0) is 7.40. The van der Waals surface area contributed by atoms with E-state index < -0.39 is 0 Å². The van der Waals surface area contributed by atoms with E-state index >= 15 is 0 Å². The lowest BCUT2D eigenvalue weighted by atomic mass is 9.74. The van der Waals surface area contributed by atoms with Gasteiger partial charge in [0.25, 0.3) is 0 Å². The van der Waals surface area contributed by atoms with Crippen molar-refractivity contribution >= 4 is 7.12 Å². The van der Waals surface area contributed by atoms with Crippen LogP contribution >= 0.6 is 0 Å². The lowest BCUT2D eigenvalue weighted by molar-refractivity contribution is 0.227. The zero-order valence-electron chi connectivity index (χ0n) is 6.80. The average Bonchev–Trinajstić information content (AvgIpc) is 2.12. The van der Waals surface area contributed by atoms with Crippen molar-refractivity contribution < 1.29 is 9.31 Å². The maximum atomic E-state index is 5.44. The highest BCUT2D eigenvalue weighted by atomic mass is 16.6. The first-order valence-corrected chi connectivity index (χ1v) is 4.04. The van der Waals surface area contributed by atoms with E-state index in [1.54, 1.807) is 0 Å². The molecule has 0 saturated carbocycles. The Morgan fingerprint density at radius 1 is 1.10 bits per heavy atom. The quantitative estimate of drug-likeness (QED) is 0.519. The fourth-order valence-electron chi connectivity index (χ4n) is 1.04. The van der Waals surface area contributed by atoms with E-state index in [4.69, 9.17) is 9.31 Å². The first kappa shape index (κ1) is 8.09. The molecule has 58 valence electrons. The van der Waals surface area contributed by atoms with Gasteiger partial charge in [0.1, 0.15) is 0 Å². The molecule has 1 rings (SSSR count). The van der Waals surface area contributed by atoms with Gasteiger partial charge >= 0.3 is 7.12 Å². The monoisotopic (exact) mass is 142 g/mol. The van der Waals surface area contributed by atoms with E-state index in [0.717, 1.165) is 26.1 Å². The van der Waals surface area contributed by atoms with Gasteiger partial charge in [-0.2, -0.15) is 0 Å². The molecule has 10 heavy (non-hydrogen) atoms. The molecule has 1 aliphatic rings. The first-order valence-electron chi connectivity index (χ1n) is 4.04. The number of hydrogen-bond donors (Lipinski definition) is 0. The van der Waals surface area contributed by atoms with Crippen molar-refractivity contribution in [2.24, 2.45) is 0 Å². The highest BCUT2D eigenvalue weighted by Crippen LogP contribution is 2.13. The Bertz CT molecular complexity index is 87.6. The topological polar surface area (TPSA) is 18.5 Å². The minimum absolute atomic E-state index is 0.0440. The van der Waals surface area contributed by atoms with Gasteiger partial charge in [-0.25, -0.2) is 0 Å². The largest absolute Gasteiger partial charge is 0.459 e. The first-order chi connectivity index (χ1) is 4.80. The van der Waals surface area contributed by atoms with Gasteiger partial charge in [-0.3, -0.25) is 0 Å². The Hall–Kier alpha value is -0.0151. The van der Waals surface area contributed by atoms with Crippen LogP contribution in [0.3, 0.4) is 0 Å². The van der Waals surface area contributed by atoms with Crippen LogP contribution in [-0.4, -0.2) is 20.3 Å². The molecule has 0 atom stereocenters. The summed E-state index contributed by atoms with van der Waals surface area (Å²) in [5, 5.41) is 0. The van der Waals surface area contributed by atoms with Crippen LogP contribution in [0.1, 0.15) is 26.7 Å². The van der Waals surface area contributed by atoms with Gasteiger partial charge in [0.2, 0.25) is 0 Å². The van der Waals surface area contributed by atoms with E-state index in [0.29, 0.717) is 5.82 Å². The van der Waals surface area contributed by atoms with Crippen LogP contribution in [0.15, 0.2) is 0 Å². The molecule has 3 heteroatoms. The van der Waals surface area contributed by atoms with Crippen LogP contribution in [0.5, 0.6) is 0 Å². The molecular formula is C7H15BO2. The smallest absolute Gasteiger partial charge is 0.411 e. The summed E-state index contributed by atoms with van der Waals surface area (Å²) in [7, 11) is 0.0440. The molecular weight excluding hydrogens is 127 g/mol. The SMILES string of the molecule is CC(C)B1OCCCCO1. The highest BCUT2D eigenvalue weighted by Gasteiger charge is 2.23. The molecule has 1 heterocycles. The summed E-state index contributed by atoms with van der Waals surface area (Å²) >= 11 is 0. The molecule has 1 aliphatic heterocycles. The third kappa shape index (κ3) is 2.31. The number of rotatable bonds is 1. The molecule has 2 nitrogen and oxygen atoms in total. The summed E-state index contributed by atoms with van der Waals surface area (Å²) in [4.78, 5) is 0. The Labute approximate surface area is 63.0 Å². The molecule has 0 bridgehead atoms. The van der Waals surface area contributed by atoms with Crippen molar-refractivity contribution in [2.75, 3.05) is 13.2 Å². The van der Waals surface area contributed by atoms with Crippen LogP contribution in [0, 0.1) is 0 Å². The predicted molar refractivity (Wildman–Crippen MR) is 42.0 cm³/mol. The maximum absolute atomic E-state index is 5.44. The van der Waals surface area contributed by atoms with E-state index in [9.17, 15) is 0 Å². The number of hydrogen-bond acceptors (Lipinski definition) is 2. The molecule has 0 aromatic heterocycles. The third-order valence-corrected chi connectivity index (χ3v) is 1.65. The standard InChI is InChI=1S/C7H15BO2/c1-7(2)8-9-5-3-4-6-10-8/h7H,3-6H2,1-2H3. The Balaban J connectivity index is 2.28. The van der Waals surface area contributed by atoms with E-state index in [1.165, 1.54) is 0 Å². The van der Waals surface area contributed by atoms with Gasteiger partial charge in [-0.15, -0.1) is 0 Å². The van der Waals surface area contributed by atoms with Crippen molar-refractivity contribution in [1.29, 1.82) is 0 Å². The van der Waals surface area contributed by atoms with Gasteiger partial charge in [0.15, 0.2) is 0 Å². The van der Waals surface area contributed by atoms with Gasteiger partial charge < -0.3 is 9.31 Å². The molecule has 0 amide bonds. The van der Waals surface area contributed by atoms with Gasteiger partial charge in [-0.1, -0.05) is 13.8 Å². The van der Waals surface area contributed by atoms with Crippen molar-refractivity contribution in [3.8, 4) is 0 Å². The summed E-state index contributed by atoms with van der Waals surface area (Å²) in [5.41, 5.74) is 0. The van der Waals surface area contributed by atoms with E-state index in [1.807, 2.05) is 0 Å². The minimum Gasteiger partial charge on any atom is -0.411 e. The lowest BCUT2D eigenvalue weighted by Crippen LogP contribution is -2.24.